The van der Waals surface area contributed by atoms with Crippen LogP contribution in [-0.4, -0.2) is 33.0 Å². The molecular formula is C16H20F3N5O2. The van der Waals surface area contributed by atoms with Crippen LogP contribution in [0.25, 0.3) is 11.4 Å². The van der Waals surface area contributed by atoms with Crippen LogP contribution in [0.1, 0.15) is 19.4 Å². The van der Waals surface area contributed by atoms with Gasteiger partial charge in [-0.3, -0.25) is 4.57 Å². The second-order valence-corrected chi connectivity index (χ2v) is 6.02. The van der Waals surface area contributed by atoms with Gasteiger partial charge in [-0.2, -0.15) is 13.2 Å². The molecule has 26 heavy (non-hydrogen) atoms. The molecule has 10 heteroatoms. The summed E-state index contributed by atoms with van der Waals surface area (Å²) in [6, 6.07) is 4.22. The molecule has 7 nitrogen and oxygen atoms in total. The second kappa shape index (κ2) is 7.63. The normalized spacial score (nSPS) is 11.7. The maximum absolute atomic E-state index is 12.9. The molecule has 2 amide bonds. The first kappa shape index (κ1) is 19.5. The summed E-state index contributed by atoms with van der Waals surface area (Å²) in [4.78, 5) is 23.7. The average molecular weight is 371 g/mol. The molecule has 0 aliphatic carbocycles. The minimum atomic E-state index is -4.48. The predicted molar refractivity (Wildman–Crippen MR) is 89.6 cm³/mol. The molecule has 1 heterocycles. The van der Waals surface area contributed by atoms with Crippen molar-refractivity contribution in [3.05, 3.63) is 40.3 Å². The third-order valence-electron chi connectivity index (χ3n) is 3.52. The van der Waals surface area contributed by atoms with Crippen molar-refractivity contribution >= 4 is 6.03 Å². The molecule has 2 rings (SSSR count). The van der Waals surface area contributed by atoms with Crippen molar-refractivity contribution < 1.29 is 18.0 Å². The van der Waals surface area contributed by atoms with Gasteiger partial charge in [-0.15, -0.1) is 5.10 Å². The summed E-state index contributed by atoms with van der Waals surface area (Å²) in [6.07, 6.45) is -4.48. The Labute approximate surface area is 147 Å². The van der Waals surface area contributed by atoms with E-state index in [9.17, 15) is 22.8 Å². The topological polar surface area (TPSA) is 81.0 Å². The maximum Gasteiger partial charge on any atom is 0.416 e. The first-order valence-electron chi connectivity index (χ1n) is 7.95. The van der Waals surface area contributed by atoms with Gasteiger partial charge in [-0.05, 0) is 26.0 Å². The lowest BCUT2D eigenvalue weighted by atomic mass is 10.1. The molecular weight excluding hydrogens is 351 g/mol. The molecule has 0 unspecified atom stereocenters. The first-order chi connectivity index (χ1) is 12.1. The van der Waals surface area contributed by atoms with Crippen LogP contribution in [0.4, 0.5) is 18.0 Å². The number of alkyl halides is 3. The summed E-state index contributed by atoms with van der Waals surface area (Å²) >= 11 is 0. The van der Waals surface area contributed by atoms with E-state index >= 15 is 0 Å². The van der Waals surface area contributed by atoms with Gasteiger partial charge in [-0.25, -0.2) is 14.3 Å². The van der Waals surface area contributed by atoms with Gasteiger partial charge in [-0.1, -0.05) is 12.1 Å². The highest BCUT2D eigenvalue weighted by atomic mass is 19.4. The molecule has 0 atom stereocenters. The van der Waals surface area contributed by atoms with E-state index in [1.54, 1.807) is 0 Å². The zero-order chi connectivity index (χ0) is 19.5. The van der Waals surface area contributed by atoms with Crippen molar-refractivity contribution in [3.63, 3.8) is 0 Å². The number of amides is 2. The van der Waals surface area contributed by atoms with Crippen molar-refractivity contribution in [2.45, 2.75) is 32.6 Å². The first-order valence-corrected chi connectivity index (χ1v) is 7.95. The quantitative estimate of drug-likeness (QED) is 0.843. The number of nitrogens with one attached hydrogen (secondary N) is 2. The summed E-state index contributed by atoms with van der Waals surface area (Å²) < 4.78 is 40.9. The Bertz CT molecular complexity index is 839. The van der Waals surface area contributed by atoms with Gasteiger partial charge in [0.25, 0.3) is 0 Å². The van der Waals surface area contributed by atoms with E-state index in [2.05, 4.69) is 15.7 Å². The predicted octanol–water partition coefficient (Wildman–Crippen LogP) is 1.98. The van der Waals surface area contributed by atoms with Crippen molar-refractivity contribution in [2.75, 3.05) is 6.54 Å². The number of carbonyl (C=O) groups is 1. The Morgan fingerprint density at radius 2 is 2.00 bits per heavy atom. The lowest BCUT2D eigenvalue weighted by Gasteiger charge is -2.09. The molecule has 0 saturated carbocycles. The molecule has 0 aliphatic heterocycles. The molecule has 1 aromatic heterocycles. The minimum absolute atomic E-state index is 0.0277. The molecule has 2 aromatic rings. The smallest absolute Gasteiger partial charge is 0.336 e. The fraction of sp³-hybridized carbons (Fsp3) is 0.438. The second-order valence-electron chi connectivity index (χ2n) is 6.02. The molecule has 0 radical (unpaired) electrons. The van der Waals surface area contributed by atoms with Crippen LogP contribution in [-0.2, 0) is 19.8 Å². The van der Waals surface area contributed by atoms with E-state index in [1.807, 2.05) is 13.8 Å². The summed E-state index contributed by atoms with van der Waals surface area (Å²) in [5.41, 5.74) is -1.11. The van der Waals surface area contributed by atoms with Crippen molar-refractivity contribution in [1.29, 1.82) is 0 Å². The number of urea groups is 1. The number of carbonyl (C=O) groups excluding carboxylic acids is 1. The highest BCUT2D eigenvalue weighted by molar-refractivity contribution is 5.74. The van der Waals surface area contributed by atoms with Gasteiger partial charge >= 0.3 is 17.9 Å². The van der Waals surface area contributed by atoms with Gasteiger partial charge in [0.15, 0.2) is 5.82 Å². The third kappa shape index (κ3) is 4.64. The van der Waals surface area contributed by atoms with Crippen LogP contribution in [0.2, 0.25) is 0 Å². The number of rotatable bonds is 5. The van der Waals surface area contributed by atoms with Gasteiger partial charge in [0.1, 0.15) is 0 Å². The number of hydrogen-bond donors (Lipinski definition) is 2. The molecule has 2 N–H and O–H groups in total. The lowest BCUT2D eigenvalue weighted by Crippen LogP contribution is -2.41. The van der Waals surface area contributed by atoms with Gasteiger partial charge < -0.3 is 10.6 Å². The Morgan fingerprint density at radius 3 is 2.62 bits per heavy atom. The Balaban J connectivity index is 2.17. The fourth-order valence-electron chi connectivity index (χ4n) is 2.31. The van der Waals surface area contributed by atoms with Gasteiger partial charge in [0.05, 0.1) is 12.1 Å². The molecule has 142 valence electrons. The Hall–Kier alpha value is -2.78. The standard InChI is InChI=1S/C16H20F3N5O2/c1-10(2)21-14(25)20-7-8-24-15(26)23(3)13(22-24)11-5-4-6-12(9-11)16(17,18)19/h4-6,9-10H,7-8H2,1-3H3,(H2,20,21,25). The van der Waals surface area contributed by atoms with Crippen LogP contribution in [0.15, 0.2) is 29.1 Å². The fourth-order valence-corrected chi connectivity index (χ4v) is 2.31. The number of benzene rings is 1. The van der Waals surface area contributed by atoms with Crippen LogP contribution < -0.4 is 16.3 Å². The number of nitrogens with zero attached hydrogens (tertiary/aromatic N) is 3. The summed E-state index contributed by atoms with van der Waals surface area (Å²) in [6.45, 7) is 3.86. The lowest BCUT2D eigenvalue weighted by molar-refractivity contribution is -0.137. The molecule has 0 aliphatic rings. The van der Waals surface area contributed by atoms with Crippen LogP contribution >= 0.6 is 0 Å². The van der Waals surface area contributed by atoms with E-state index in [0.717, 1.165) is 16.8 Å². The third-order valence-corrected chi connectivity index (χ3v) is 3.52. The van der Waals surface area contributed by atoms with E-state index in [1.165, 1.54) is 23.7 Å². The van der Waals surface area contributed by atoms with E-state index in [4.69, 9.17) is 0 Å². The minimum Gasteiger partial charge on any atom is -0.336 e. The number of aromatic nitrogens is 3. The van der Waals surface area contributed by atoms with Crippen molar-refractivity contribution in [3.8, 4) is 11.4 Å². The van der Waals surface area contributed by atoms with Gasteiger partial charge in [0, 0.05) is 25.2 Å². The molecule has 0 saturated heterocycles. The van der Waals surface area contributed by atoms with E-state index in [-0.39, 0.29) is 36.6 Å². The summed E-state index contributed by atoms with van der Waals surface area (Å²) in [7, 11) is 1.43. The molecule has 0 fully saturated rings. The van der Waals surface area contributed by atoms with E-state index in [0.29, 0.717) is 0 Å². The van der Waals surface area contributed by atoms with Crippen LogP contribution in [0.5, 0.6) is 0 Å². The zero-order valence-corrected chi connectivity index (χ0v) is 14.6. The molecule has 0 spiro atoms. The molecule has 0 bridgehead atoms. The van der Waals surface area contributed by atoms with Gasteiger partial charge in [0.2, 0.25) is 0 Å². The van der Waals surface area contributed by atoms with Crippen molar-refractivity contribution in [1.82, 2.24) is 25.0 Å². The highest BCUT2D eigenvalue weighted by Gasteiger charge is 2.30. The molecule has 1 aromatic carbocycles. The Kier molecular flexibility index (Phi) is 5.73. The monoisotopic (exact) mass is 371 g/mol. The SMILES string of the molecule is CC(C)NC(=O)NCCn1nc(-c2cccc(C(F)(F)F)c2)n(C)c1=O. The van der Waals surface area contributed by atoms with E-state index < -0.39 is 17.4 Å². The summed E-state index contributed by atoms with van der Waals surface area (Å²) in [5.74, 6) is 0.118. The number of halogens is 3. The van der Waals surface area contributed by atoms with Crippen LogP contribution in [0, 0.1) is 0 Å². The van der Waals surface area contributed by atoms with Crippen molar-refractivity contribution in [2.24, 2.45) is 7.05 Å². The highest BCUT2D eigenvalue weighted by Crippen LogP contribution is 2.31. The average Bonchev–Trinajstić information content (AvgIpc) is 2.82. The Morgan fingerprint density at radius 1 is 1.31 bits per heavy atom. The maximum atomic E-state index is 12.9. The zero-order valence-electron chi connectivity index (χ0n) is 14.6. The van der Waals surface area contributed by atoms with Crippen LogP contribution in [0.3, 0.4) is 0 Å². The summed E-state index contributed by atoms with van der Waals surface area (Å²) in [5, 5.41) is 9.30. The number of hydrogen-bond acceptors (Lipinski definition) is 3. The largest absolute Gasteiger partial charge is 0.416 e.